The lowest BCUT2D eigenvalue weighted by molar-refractivity contribution is -0.136. The number of alkyl halides is 2. The predicted molar refractivity (Wildman–Crippen MR) is 111 cm³/mol. The topological polar surface area (TPSA) is 47.9 Å². The van der Waals surface area contributed by atoms with Gasteiger partial charge in [0.25, 0.3) is 5.25 Å². The molecule has 4 atom stereocenters. The van der Waals surface area contributed by atoms with Crippen LogP contribution in [0.2, 0.25) is 36.3 Å². The number of hydrogen-bond donors (Lipinski definition) is 1. The van der Waals surface area contributed by atoms with Crippen molar-refractivity contribution in [1.29, 1.82) is 0 Å². The van der Waals surface area contributed by atoms with Crippen LogP contribution >= 0.6 is 23.2 Å². The third-order valence-electron chi connectivity index (χ3n) is 5.96. The summed E-state index contributed by atoms with van der Waals surface area (Å²) < 4.78 is 18.3. The molecule has 8 heteroatoms. The van der Waals surface area contributed by atoms with E-state index in [4.69, 9.17) is 36.8 Å². The highest BCUT2D eigenvalue weighted by molar-refractivity contribution is 6.74. The third kappa shape index (κ3) is 5.44. The van der Waals surface area contributed by atoms with E-state index in [9.17, 15) is 5.11 Å². The molecule has 0 aliphatic carbocycles. The van der Waals surface area contributed by atoms with E-state index in [0.717, 1.165) is 0 Å². The summed E-state index contributed by atoms with van der Waals surface area (Å²) in [6.45, 7) is 22.0. The highest BCUT2D eigenvalue weighted by atomic mass is 35.5. The Morgan fingerprint density at radius 2 is 1.44 bits per heavy atom. The van der Waals surface area contributed by atoms with Gasteiger partial charge in [-0.05, 0) is 36.3 Å². The van der Waals surface area contributed by atoms with Crippen molar-refractivity contribution in [3.63, 3.8) is 0 Å². The average molecular weight is 432 g/mol. The Morgan fingerprint density at radius 3 is 1.84 bits per heavy atom. The predicted octanol–water partition coefficient (Wildman–Crippen LogP) is 5.29. The van der Waals surface area contributed by atoms with Gasteiger partial charge < -0.3 is 18.7 Å². The van der Waals surface area contributed by atoms with Crippen LogP contribution in [0.15, 0.2) is 0 Å². The van der Waals surface area contributed by atoms with Gasteiger partial charge in [0, 0.05) is 0 Å². The maximum atomic E-state index is 10.3. The van der Waals surface area contributed by atoms with Gasteiger partial charge in [-0.2, -0.15) is 0 Å². The minimum atomic E-state index is -2.11. The Labute approximate surface area is 165 Å². The fourth-order valence-electron chi connectivity index (χ4n) is 2.02. The fraction of sp³-hybridized carbons (Fsp3) is 1.00. The van der Waals surface area contributed by atoms with Gasteiger partial charge in [-0.1, -0.05) is 53.1 Å². The van der Waals surface area contributed by atoms with Crippen molar-refractivity contribution in [2.45, 2.75) is 101 Å². The highest BCUT2D eigenvalue weighted by Crippen LogP contribution is 2.44. The fourth-order valence-corrected chi connectivity index (χ4v) is 4.95. The molecule has 1 aliphatic rings. The molecule has 0 saturated carbocycles. The zero-order valence-corrected chi connectivity index (χ0v) is 20.9. The molecule has 1 fully saturated rings. The Balaban J connectivity index is 2.97. The van der Waals surface area contributed by atoms with Crippen LogP contribution in [0.5, 0.6) is 0 Å². The maximum Gasteiger partial charge on any atom is 0.266 e. The number of hydrogen-bond acceptors (Lipinski definition) is 4. The van der Waals surface area contributed by atoms with Crippen LogP contribution in [0, 0.1) is 0 Å². The van der Waals surface area contributed by atoms with E-state index in [1.165, 1.54) is 0 Å². The summed E-state index contributed by atoms with van der Waals surface area (Å²) in [5.74, 6) is 0. The SMILES string of the molecule is CC(C)(C)[Si](C)(C)OC[C@H]1O[C@@](O)(Cl)[C@H](Cl)[C@@H]1O[Si](C)(C)C(C)(C)C. The smallest absolute Gasteiger partial charge is 0.266 e. The van der Waals surface area contributed by atoms with Crippen molar-refractivity contribution < 1.29 is 18.7 Å². The Morgan fingerprint density at radius 1 is 1.00 bits per heavy atom. The van der Waals surface area contributed by atoms with Crippen molar-refractivity contribution in [1.82, 2.24) is 0 Å². The molecular formula is C17H36Cl2O4Si2. The molecule has 1 saturated heterocycles. The molecule has 0 unspecified atom stereocenters. The van der Waals surface area contributed by atoms with Gasteiger partial charge in [0.2, 0.25) is 0 Å². The average Bonchev–Trinajstić information content (AvgIpc) is 2.57. The summed E-state index contributed by atoms with van der Waals surface area (Å²) in [7, 11) is -4.06. The van der Waals surface area contributed by atoms with Gasteiger partial charge >= 0.3 is 0 Å². The van der Waals surface area contributed by atoms with Crippen LogP contribution in [-0.4, -0.2) is 51.2 Å². The lowest BCUT2D eigenvalue weighted by atomic mass is 10.2. The molecule has 25 heavy (non-hydrogen) atoms. The summed E-state index contributed by atoms with van der Waals surface area (Å²) >= 11 is 12.5. The van der Waals surface area contributed by atoms with E-state index in [0.29, 0.717) is 6.61 Å². The van der Waals surface area contributed by atoms with E-state index in [1.807, 2.05) is 0 Å². The van der Waals surface area contributed by atoms with E-state index in [2.05, 4.69) is 67.7 Å². The highest BCUT2D eigenvalue weighted by Gasteiger charge is 2.56. The first-order chi connectivity index (χ1) is 10.8. The molecule has 0 aromatic rings. The summed E-state index contributed by atoms with van der Waals surface area (Å²) in [6, 6.07) is 0. The maximum absolute atomic E-state index is 10.3. The number of ether oxygens (including phenoxy) is 1. The molecular weight excluding hydrogens is 395 g/mol. The van der Waals surface area contributed by atoms with Crippen molar-refractivity contribution in [3.8, 4) is 0 Å². The Bertz CT molecular complexity index is 470. The molecule has 0 amide bonds. The summed E-state index contributed by atoms with van der Waals surface area (Å²) in [5, 5.41) is 7.61. The van der Waals surface area contributed by atoms with Crippen molar-refractivity contribution in [3.05, 3.63) is 0 Å². The van der Waals surface area contributed by atoms with Crippen LogP contribution in [0.4, 0.5) is 0 Å². The first-order valence-corrected chi connectivity index (χ1v) is 15.5. The molecule has 1 rings (SSSR count). The molecule has 1 aliphatic heterocycles. The van der Waals surface area contributed by atoms with Crippen LogP contribution < -0.4 is 0 Å². The van der Waals surface area contributed by atoms with Crippen molar-refractivity contribution >= 4 is 39.8 Å². The lowest BCUT2D eigenvalue weighted by Gasteiger charge is -2.41. The standard InChI is InChI=1S/C17H36Cl2O4Si2/c1-15(2,3)24(7,8)21-11-12-13(14(18)17(19,20)22-12)23-25(9,10)16(4,5)6/h12-14,20H,11H2,1-10H3/t12-,13-,14-,17-/m1/s1. The molecule has 0 spiro atoms. The monoisotopic (exact) mass is 430 g/mol. The quantitative estimate of drug-likeness (QED) is 0.475. The molecule has 1 N–H and O–H groups in total. The Kier molecular flexibility index (Phi) is 7.03. The molecule has 4 nitrogen and oxygen atoms in total. The molecule has 150 valence electrons. The van der Waals surface area contributed by atoms with Gasteiger partial charge in [-0.15, -0.1) is 11.6 Å². The molecule has 1 heterocycles. The number of halogens is 2. The molecule has 0 aromatic carbocycles. The van der Waals surface area contributed by atoms with E-state index in [1.54, 1.807) is 0 Å². The second kappa shape index (κ2) is 7.35. The van der Waals surface area contributed by atoms with Crippen LogP contribution in [0.1, 0.15) is 41.5 Å². The van der Waals surface area contributed by atoms with Crippen molar-refractivity contribution in [2.75, 3.05) is 6.61 Å². The minimum Gasteiger partial charge on any atom is -0.414 e. The van der Waals surface area contributed by atoms with Gasteiger partial charge in [-0.25, -0.2) is 0 Å². The molecule has 0 bridgehead atoms. The second-order valence-electron chi connectivity index (χ2n) is 10.1. The normalized spacial score (nSPS) is 32.3. The van der Waals surface area contributed by atoms with Crippen LogP contribution in [-0.2, 0) is 13.6 Å². The van der Waals surface area contributed by atoms with Gasteiger partial charge in [0.05, 0.1) is 12.7 Å². The van der Waals surface area contributed by atoms with E-state index in [-0.39, 0.29) is 10.1 Å². The van der Waals surface area contributed by atoms with Crippen LogP contribution in [0.3, 0.4) is 0 Å². The molecule has 0 aromatic heterocycles. The summed E-state index contributed by atoms with van der Waals surface area (Å²) in [6.07, 6.45) is -0.997. The summed E-state index contributed by atoms with van der Waals surface area (Å²) in [4.78, 5) is 0. The van der Waals surface area contributed by atoms with Gasteiger partial charge in [0.1, 0.15) is 11.5 Å². The van der Waals surface area contributed by atoms with Gasteiger partial charge in [-0.3, -0.25) is 0 Å². The number of aliphatic hydroxyl groups is 1. The van der Waals surface area contributed by atoms with Crippen LogP contribution in [0.25, 0.3) is 0 Å². The first-order valence-electron chi connectivity index (χ1n) is 8.87. The first kappa shape index (κ1) is 23.9. The zero-order chi connectivity index (χ0) is 20.1. The largest absolute Gasteiger partial charge is 0.414 e. The van der Waals surface area contributed by atoms with E-state index < -0.39 is 39.5 Å². The third-order valence-corrected chi connectivity index (χ3v) is 15.9. The Hall–Kier alpha value is 0.854. The lowest BCUT2D eigenvalue weighted by Crippen LogP contribution is -2.50. The summed E-state index contributed by atoms with van der Waals surface area (Å²) in [5.41, 5.74) is 0. The van der Waals surface area contributed by atoms with E-state index >= 15 is 0 Å². The number of rotatable bonds is 5. The zero-order valence-electron chi connectivity index (χ0n) is 17.4. The minimum absolute atomic E-state index is 0.0153. The second-order valence-corrected chi connectivity index (χ2v) is 20.7. The molecule has 0 radical (unpaired) electrons. The van der Waals surface area contributed by atoms with Crippen molar-refractivity contribution in [2.24, 2.45) is 0 Å². The van der Waals surface area contributed by atoms with Gasteiger partial charge in [0.15, 0.2) is 16.6 Å².